The molecule has 0 spiro atoms. The number of anilines is 2. The van der Waals surface area contributed by atoms with E-state index >= 15 is 0 Å². The van der Waals surface area contributed by atoms with Gasteiger partial charge in [0.25, 0.3) is 0 Å². The van der Waals surface area contributed by atoms with Gasteiger partial charge in [-0.25, -0.2) is 14.8 Å². The van der Waals surface area contributed by atoms with E-state index in [4.69, 9.17) is 15.5 Å². The molecule has 1 fully saturated rings. The van der Waals surface area contributed by atoms with Gasteiger partial charge >= 0.3 is 6.03 Å². The lowest BCUT2D eigenvalue weighted by atomic mass is 10.1. The summed E-state index contributed by atoms with van der Waals surface area (Å²) in [5.41, 5.74) is 9.44. The van der Waals surface area contributed by atoms with E-state index in [1.165, 1.54) is 12.8 Å². The first kappa shape index (κ1) is 21.0. The minimum atomic E-state index is -0.281. The van der Waals surface area contributed by atoms with E-state index in [0.29, 0.717) is 49.6 Å². The van der Waals surface area contributed by atoms with E-state index in [0.717, 1.165) is 22.6 Å². The van der Waals surface area contributed by atoms with Crippen molar-refractivity contribution in [3.8, 4) is 0 Å². The van der Waals surface area contributed by atoms with Crippen LogP contribution in [0.1, 0.15) is 37.2 Å². The number of imidazole rings is 1. The number of fused-ring (bicyclic) bond motifs is 1. The minimum Gasteiger partial charge on any atom is -0.382 e. The SMILES string of the molecule is Cc1cc2c(nc(C(C)C3CC3)n2CCOCCNC(=O)Nc2cccnc2)c(N)n1. The Hall–Kier alpha value is -3.20. The third-order valence-corrected chi connectivity index (χ3v) is 5.57. The van der Waals surface area contributed by atoms with Crippen molar-refractivity contribution in [1.82, 2.24) is 24.8 Å². The highest BCUT2D eigenvalue weighted by atomic mass is 16.5. The first-order chi connectivity index (χ1) is 15.0. The molecule has 1 aliphatic rings. The summed E-state index contributed by atoms with van der Waals surface area (Å²) in [5, 5.41) is 5.50. The van der Waals surface area contributed by atoms with E-state index < -0.39 is 0 Å². The van der Waals surface area contributed by atoms with Gasteiger partial charge in [-0.1, -0.05) is 6.92 Å². The summed E-state index contributed by atoms with van der Waals surface area (Å²) in [7, 11) is 0. The first-order valence-corrected chi connectivity index (χ1v) is 10.7. The van der Waals surface area contributed by atoms with Crippen LogP contribution in [0.4, 0.5) is 16.3 Å². The number of pyridine rings is 2. The highest BCUT2D eigenvalue weighted by Gasteiger charge is 2.32. The number of nitrogen functional groups attached to an aromatic ring is 1. The van der Waals surface area contributed by atoms with Gasteiger partial charge in [0.1, 0.15) is 11.3 Å². The van der Waals surface area contributed by atoms with E-state index in [1.807, 2.05) is 13.0 Å². The Balaban J connectivity index is 1.31. The molecule has 0 aliphatic heterocycles. The zero-order chi connectivity index (χ0) is 21.8. The molecule has 1 unspecified atom stereocenters. The maximum Gasteiger partial charge on any atom is 0.319 e. The van der Waals surface area contributed by atoms with Crippen LogP contribution in [0.2, 0.25) is 0 Å². The molecule has 9 heteroatoms. The van der Waals surface area contributed by atoms with Gasteiger partial charge < -0.3 is 25.7 Å². The lowest BCUT2D eigenvalue weighted by molar-refractivity contribution is 0.129. The highest BCUT2D eigenvalue weighted by molar-refractivity contribution is 5.89. The van der Waals surface area contributed by atoms with Crippen LogP contribution in [0, 0.1) is 12.8 Å². The number of hydrogen-bond acceptors (Lipinski definition) is 6. The molecule has 9 nitrogen and oxygen atoms in total. The Morgan fingerprint density at radius 3 is 2.94 bits per heavy atom. The summed E-state index contributed by atoms with van der Waals surface area (Å²) in [6.45, 7) is 6.20. The average molecular weight is 424 g/mol. The maximum atomic E-state index is 11.9. The molecular weight excluding hydrogens is 394 g/mol. The van der Waals surface area contributed by atoms with Gasteiger partial charge in [-0.05, 0) is 43.9 Å². The molecule has 31 heavy (non-hydrogen) atoms. The predicted octanol–water partition coefficient (Wildman–Crippen LogP) is 3.07. The van der Waals surface area contributed by atoms with Gasteiger partial charge in [-0.2, -0.15) is 0 Å². The van der Waals surface area contributed by atoms with Crippen molar-refractivity contribution >= 4 is 28.6 Å². The number of ether oxygens (including phenoxy) is 1. The first-order valence-electron chi connectivity index (χ1n) is 10.7. The summed E-state index contributed by atoms with van der Waals surface area (Å²) in [5.74, 6) is 2.59. The fourth-order valence-electron chi connectivity index (χ4n) is 3.79. The summed E-state index contributed by atoms with van der Waals surface area (Å²) in [6.07, 6.45) is 5.75. The molecule has 0 bridgehead atoms. The fourth-order valence-corrected chi connectivity index (χ4v) is 3.79. The van der Waals surface area contributed by atoms with E-state index in [2.05, 4.69) is 32.1 Å². The van der Waals surface area contributed by atoms with E-state index in [9.17, 15) is 4.79 Å². The number of amides is 2. The number of nitrogens with one attached hydrogen (secondary N) is 2. The van der Waals surface area contributed by atoms with Crippen LogP contribution >= 0.6 is 0 Å². The second kappa shape index (κ2) is 9.30. The second-order valence-corrected chi connectivity index (χ2v) is 8.00. The van der Waals surface area contributed by atoms with Crippen molar-refractivity contribution in [3.63, 3.8) is 0 Å². The van der Waals surface area contributed by atoms with Crippen LogP contribution in [0.3, 0.4) is 0 Å². The molecule has 0 saturated heterocycles. The molecule has 4 N–H and O–H groups in total. The van der Waals surface area contributed by atoms with Gasteiger partial charge in [0.15, 0.2) is 5.82 Å². The number of carbonyl (C=O) groups excluding carboxylic acids is 1. The van der Waals surface area contributed by atoms with Crippen molar-refractivity contribution in [3.05, 3.63) is 42.1 Å². The monoisotopic (exact) mass is 423 g/mol. The minimum absolute atomic E-state index is 0.281. The number of aryl methyl sites for hydroxylation is 1. The van der Waals surface area contributed by atoms with Crippen LogP contribution < -0.4 is 16.4 Å². The van der Waals surface area contributed by atoms with Gasteiger partial charge in [0.2, 0.25) is 0 Å². The van der Waals surface area contributed by atoms with Crippen molar-refractivity contribution in [1.29, 1.82) is 0 Å². The zero-order valence-electron chi connectivity index (χ0n) is 18.0. The van der Waals surface area contributed by atoms with Gasteiger partial charge in [0, 0.05) is 30.9 Å². The molecule has 1 atom stereocenters. The summed E-state index contributed by atoms with van der Waals surface area (Å²) >= 11 is 0. The summed E-state index contributed by atoms with van der Waals surface area (Å²) < 4.78 is 7.99. The summed E-state index contributed by atoms with van der Waals surface area (Å²) in [4.78, 5) is 25.1. The molecule has 1 saturated carbocycles. The smallest absolute Gasteiger partial charge is 0.319 e. The number of rotatable bonds is 9. The highest BCUT2D eigenvalue weighted by Crippen LogP contribution is 2.42. The van der Waals surface area contributed by atoms with Gasteiger partial charge in [-0.15, -0.1) is 0 Å². The Morgan fingerprint density at radius 1 is 1.35 bits per heavy atom. The van der Waals surface area contributed by atoms with Crippen molar-refractivity contribution < 1.29 is 9.53 Å². The number of hydrogen-bond donors (Lipinski definition) is 3. The van der Waals surface area contributed by atoms with Crippen LogP contribution in [-0.2, 0) is 11.3 Å². The molecule has 3 aromatic heterocycles. The Morgan fingerprint density at radius 2 is 2.19 bits per heavy atom. The molecule has 1 aliphatic carbocycles. The quantitative estimate of drug-likeness (QED) is 0.455. The van der Waals surface area contributed by atoms with E-state index in [-0.39, 0.29) is 6.03 Å². The average Bonchev–Trinajstić information content (AvgIpc) is 3.53. The molecular formula is C22H29N7O2. The van der Waals surface area contributed by atoms with Crippen LogP contribution in [0.25, 0.3) is 11.0 Å². The van der Waals surface area contributed by atoms with Crippen LogP contribution in [0.15, 0.2) is 30.6 Å². The number of carbonyl (C=O) groups is 1. The molecule has 164 valence electrons. The fraction of sp³-hybridized carbons (Fsp3) is 0.455. The Kier molecular flexibility index (Phi) is 6.31. The second-order valence-electron chi connectivity index (χ2n) is 8.00. The third kappa shape index (κ3) is 5.11. The van der Waals surface area contributed by atoms with Crippen LogP contribution in [0.5, 0.6) is 0 Å². The van der Waals surface area contributed by atoms with Crippen molar-refractivity contribution in [2.45, 2.75) is 39.2 Å². The van der Waals surface area contributed by atoms with Gasteiger partial charge in [-0.3, -0.25) is 4.98 Å². The molecule has 0 aromatic carbocycles. The molecule has 3 heterocycles. The van der Waals surface area contributed by atoms with Crippen molar-refractivity contribution in [2.75, 3.05) is 30.8 Å². The van der Waals surface area contributed by atoms with E-state index in [1.54, 1.807) is 24.5 Å². The maximum absolute atomic E-state index is 11.9. The zero-order valence-corrected chi connectivity index (χ0v) is 18.0. The third-order valence-electron chi connectivity index (χ3n) is 5.57. The number of nitrogens with two attached hydrogens (primary N) is 1. The summed E-state index contributed by atoms with van der Waals surface area (Å²) in [6, 6.07) is 5.30. The molecule has 4 rings (SSSR count). The Bertz CT molecular complexity index is 1050. The molecule has 0 radical (unpaired) electrons. The lowest BCUT2D eigenvalue weighted by Gasteiger charge is -2.14. The normalized spacial score (nSPS) is 14.5. The Labute approximate surface area is 181 Å². The largest absolute Gasteiger partial charge is 0.382 e. The predicted molar refractivity (Wildman–Crippen MR) is 120 cm³/mol. The molecule has 2 amide bonds. The topological polar surface area (TPSA) is 120 Å². The van der Waals surface area contributed by atoms with Crippen LogP contribution in [-0.4, -0.2) is 45.3 Å². The lowest BCUT2D eigenvalue weighted by Crippen LogP contribution is -2.31. The number of aromatic nitrogens is 4. The standard InChI is InChI=1S/C22H29N7O2/c1-14-12-18-19(20(23)26-14)28-21(15(2)16-5-6-16)29(18)9-11-31-10-8-25-22(30)27-17-4-3-7-24-13-17/h3-4,7,12-13,15-16H,5-6,8-11H2,1-2H3,(H2,23,26)(H2,25,27,30). The number of urea groups is 1. The number of nitrogens with zero attached hydrogens (tertiary/aromatic N) is 4. The molecule has 3 aromatic rings. The van der Waals surface area contributed by atoms with Crippen molar-refractivity contribution in [2.24, 2.45) is 5.92 Å². The van der Waals surface area contributed by atoms with Gasteiger partial charge in [0.05, 0.1) is 30.6 Å².